The molecule has 3 saturated heterocycles. The molecule has 2 N–H and O–H groups in total. The van der Waals surface area contributed by atoms with E-state index in [1.54, 1.807) is 30.5 Å². The molecule has 15 nitrogen and oxygen atoms in total. The second kappa shape index (κ2) is 19.2. The van der Waals surface area contributed by atoms with Crippen molar-refractivity contribution in [2.45, 2.75) is 70.2 Å². The van der Waals surface area contributed by atoms with Gasteiger partial charge in [0.2, 0.25) is 23.7 Å². The van der Waals surface area contributed by atoms with Crippen LogP contribution in [-0.4, -0.2) is 119 Å². The molecule has 4 aromatic rings. The summed E-state index contributed by atoms with van der Waals surface area (Å²) in [5.41, 5.74) is 4.68. The Bertz CT molecular complexity index is 2390. The highest BCUT2D eigenvalue weighted by molar-refractivity contribution is 6.31. The number of carbonyl (C=O) groups excluding carboxylic acids is 4. The molecule has 1 unspecified atom stereocenters. The number of fused-ring (bicyclic) bond motifs is 1. The van der Waals surface area contributed by atoms with Gasteiger partial charge in [0.1, 0.15) is 25.0 Å². The van der Waals surface area contributed by atoms with E-state index in [1.165, 1.54) is 4.90 Å². The molecule has 4 amide bonds. The minimum atomic E-state index is -0.719. The number of ether oxygens (including phenoxy) is 2. The number of amides is 4. The summed E-state index contributed by atoms with van der Waals surface area (Å²) < 4.78 is 11.9. The molecule has 1 aromatic heterocycles. The van der Waals surface area contributed by atoms with E-state index in [4.69, 9.17) is 32.6 Å². The number of imide groups is 1. The summed E-state index contributed by atoms with van der Waals surface area (Å²) in [7, 11) is 0. The van der Waals surface area contributed by atoms with Gasteiger partial charge in [-0.3, -0.25) is 29.4 Å². The number of hydrogen-bond donors (Lipinski definition) is 2. The second-order valence-corrected chi connectivity index (χ2v) is 17.5. The summed E-state index contributed by atoms with van der Waals surface area (Å²) in [5, 5.41) is 5.75. The minimum absolute atomic E-state index is 0.110. The topological polar surface area (TPSA) is 154 Å². The number of nitrogens with one attached hydrogen (secondary N) is 2. The van der Waals surface area contributed by atoms with E-state index in [0.717, 1.165) is 87.2 Å². The number of piperidine rings is 2. The van der Waals surface area contributed by atoms with Crippen molar-refractivity contribution < 1.29 is 28.7 Å². The highest BCUT2D eigenvalue weighted by Crippen LogP contribution is 2.37. The van der Waals surface area contributed by atoms with E-state index in [-0.39, 0.29) is 49.1 Å². The number of hydrogen-bond acceptors (Lipinski definition) is 11. The molecule has 8 rings (SSSR count). The molecule has 5 heterocycles. The molecule has 328 valence electrons. The van der Waals surface area contributed by atoms with Crippen LogP contribution in [-0.2, 0) is 37.7 Å². The van der Waals surface area contributed by atoms with Crippen molar-refractivity contribution in [3.05, 3.63) is 117 Å². The van der Waals surface area contributed by atoms with Crippen molar-refractivity contribution in [3.8, 4) is 5.75 Å². The van der Waals surface area contributed by atoms with E-state index in [9.17, 15) is 19.2 Å². The third-order valence-electron chi connectivity index (χ3n) is 12.7. The van der Waals surface area contributed by atoms with E-state index in [0.29, 0.717) is 46.8 Å². The summed E-state index contributed by atoms with van der Waals surface area (Å²) in [6.07, 6.45) is 4.39. The lowest BCUT2D eigenvalue weighted by molar-refractivity contribution is -0.137. The first-order valence-electron chi connectivity index (χ1n) is 21.5. The molecule has 0 saturated carbocycles. The van der Waals surface area contributed by atoms with Gasteiger partial charge >= 0.3 is 0 Å². The fourth-order valence-electron chi connectivity index (χ4n) is 8.95. The van der Waals surface area contributed by atoms with Crippen molar-refractivity contribution in [1.82, 2.24) is 30.0 Å². The summed E-state index contributed by atoms with van der Waals surface area (Å²) in [6, 6.07) is 20.3. The Morgan fingerprint density at radius 1 is 0.968 bits per heavy atom. The first kappa shape index (κ1) is 43.7. The third-order valence-corrected chi connectivity index (χ3v) is 12.9. The highest BCUT2D eigenvalue weighted by Gasteiger charge is 2.40. The van der Waals surface area contributed by atoms with Gasteiger partial charge in [-0.05, 0) is 85.9 Å². The molecular formula is C47H52ClN9O6. The Balaban J connectivity index is 0.728. The smallest absolute Gasteiger partial charge is 0.255 e. The predicted octanol–water partition coefficient (Wildman–Crippen LogP) is 5.59. The van der Waals surface area contributed by atoms with Crippen LogP contribution < -0.4 is 20.3 Å². The number of likely N-dealkylation sites (tertiary alicyclic amines) is 1. The zero-order chi connectivity index (χ0) is 44.1. The van der Waals surface area contributed by atoms with Gasteiger partial charge in [-0.15, -0.1) is 0 Å². The molecule has 3 aromatic carbocycles. The Morgan fingerprint density at radius 2 is 1.75 bits per heavy atom. The molecule has 0 radical (unpaired) electrons. The minimum Gasteiger partial charge on any atom is -0.487 e. The number of rotatable bonds is 14. The number of anilines is 2. The Labute approximate surface area is 372 Å². The lowest BCUT2D eigenvalue weighted by Gasteiger charge is -2.42. The lowest BCUT2D eigenvalue weighted by atomic mass is 9.78. The molecule has 0 spiro atoms. The molecule has 4 aliphatic heterocycles. The number of piperazine rings is 1. The summed E-state index contributed by atoms with van der Waals surface area (Å²) in [5.74, 6) is 0.0579. The summed E-state index contributed by atoms with van der Waals surface area (Å²) >= 11 is 6.31. The van der Waals surface area contributed by atoms with Crippen molar-refractivity contribution in [2.75, 3.05) is 69.2 Å². The zero-order valence-electron chi connectivity index (χ0n) is 35.6. The largest absolute Gasteiger partial charge is 0.487 e. The average molecular weight is 874 g/mol. The van der Waals surface area contributed by atoms with Crippen LogP contribution in [0.4, 0.5) is 17.3 Å². The van der Waals surface area contributed by atoms with Crippen molar-refractivity contribution in [2.24, 2.45) is 0 Å². The molecule has 63 heavy (non-hydrogen) atoms. The standard InChI is InChI=1S/C47H52ClN9O6/c1-47(2,32-25-33(48)27-35(26-32)49-3)31-7-9-37(10-8-31)63-29-34-13-16-50-46(51-34)56-21-19-55(20-22-56)36-14-17-54(18-15-36)23-24-62-30-43(59)52-40-6-4-5-38-39(40)28-57(45(38)61)41-11-12-42(58)53-44(41)60/h4-10,13,16,25-27,36,41H,11-12,14-15,17-24,28-30H2,1-2H3,(H,52,59)(H,53,58,60). The Hall–Kier alpha value is -5.92. The van der Waals surface area contributed by atoms with E-state index >= 15 is 0 Å². The van der Waals surface area contributed by atoms with E-state index in [1.807, 2.05) is 42.5 Å². The second-order valence-electron chi connectivity index (χ2n) is 17.0. The maximum absolute atomic E-state index is 13.1. The normalized spacial score (nSPS) is 18.8. The molecule has 0 bridgehead atoms. The fraction of sp³-hybridized carbons (Fsp3) is 0.426. The van der Waals surface area contributed by atoms with Crippen LogP contribution in [0, 0.1) is 6.57 Å². The van der Waals surface area contributed by atoms with Crippen molar-refractivity contribution in [1.29, 1.82) is 0 Å². The van der Waals surface area contributed by atoms with Crippen LogP contribution >= 0.6 is 11.6 Å². The Morgan fingerprint density at radius 3 is 2.49 bits per heavy atom. The lowest BCUT2D eigenvalue weighted by Crippen LogP contribution is -2.53. The molecule has 16 heteroatoms. The van der Waals surface area contributed by atoms with Gasteiger partial charge < -0.3 is 29.5 Å². The highest BCUT2D eigenvalue weighted by atomic mass is 35.5. The van der Waals surface area contributed by atoms with Crippen LogP contribution in [0.2, 0.25) is 5.02 Å². The van der Waals surface area contributed by atoms with Gasteiger partial charge in [0.25, 0.3) is 5.91 Å². The molecule has 4 aliphatic rings. The Kier molecular flexibility index (Phi) is 13.3. The summed E-state index contributed by atoms with van der Waals surface area (Å²) in [4.78, 5) is 71.7. The maximum atomic E-state index is 13.1. The number of benzene rings is 3. The van der Waals surface area contributed by atoms with Crippen LogP contribution in [0.15, 0.2) is 72.9 Å². The quantitative estimate of drug-likeness (QED) is 0.0927. The van der Waals surface area contributed by atoms with Crippen molar-refractivity contribution in [3.63, 3.8) is 0 Å². The van der Waals surface area contributed by atoms with Gasteiger partial charge in [0.05, 0.1) is 18.9 Å². The number of nitrogens with zero attached hydrogens (tertiary/aromatic N) is 7. The van der Waals surface area contributed by atoms with Crippen LogP contribution in [0.3, 0.4) is 0 Å². The SMILES string of the molecule is [C-]#[N+]c1cc(Cl)cc(C(C)(C)c2ccc(OCc3ccnc(N4CCN(C5CCN(CCOCC(=O)Nc6cccc7c6CN(C6CCC(=O)NC6=O)C7=O)CC5)CC4)n3)cc2)c1. The first-order valence-corrected chi connectivity index (χ1v) is 21.9. The van der Waals surface area contributed by atoms with E-state index in [2.05, 4.69) is 49.0 Å². The first-order chi connectivity index (χ1) is 30.4. The van der Waals surface area contributed by atoms with Crippen LogP contribution in [0.1, 0.15) is 72.3 Å². The predicted molar refractivity (Wildman–Crippen MR) is 238 cm³/mol. The molecule has 1 atom stereocenters. The van der Waals surface area contributed by atoms with Gasteiger partial charge in [0.15, 0.2) is 5.69 Å². The maximum Gasteiger partial charge on any atom is 0.255 e. The van der Waals surface area contributed by atoms with Gasteiger partial charge in [0, 0.05) is 85.2 Å². The van der Waals surface area contributed by atoms with Crippen LogP contribution in [0.5, 0.6) is 5.75 Å². The average Bonchev–Trinajstić information content (AvgIpc) is 3.63. The fourth-order valence-corrected chi connectivity index (χ4v) is 9.18. The molecule has 3 fully saturated rings. The van der Waals surface area contributed by atoms with E-state index < -0.39 is 11.9 Å². The van der Waals surface area contributed by atoms with Crippen LogP contribution in [0.25, 0.3) is 4.85 Å². The van der Waals surface area contributed by atoms with Gasteiger partial charge in [-0.25, -0.2) is 14.8 Å². The zero-order valence-corrected chi connectivity index (χ0v) is 36.4. The molecule has 0 aliphatic carbocycles. The number of halogens is 1. The molecular weight excluding hydrogens is 822 g/mol. The van der Waals surface area contributed by atoms with Crippen molar-refractivity contribution >= 4 is 52.6 Å². The number of carbonyl (C=O) groups is 4. The van der Waals surface area contributed by atoms with Gasteiger partial charge in [-0.2, -0.15) is 0 Å². The third kappa shape index (κ3) is 10.2. The monoisotopic (exact) mass is 873 g/mol. The summed E-state index contributed by atoms with van der Waals surface area (Å²) in [6.45, 7) is 18.7. The van der Waals surface area contributed by atoms with Gasteiger partial charge in [-0.1, -0.05) is 49.7 Å². The number of aromatic nitrogens is 2.